The van der Waals surface area contributed by atoms with Crippen LogP contribution in [0.4, 0.5) is 5.00 Å². The van der Waals surface area contributed by atoms with E-state index >= 15 is 0 Å². The van der Waals surface area contributed by atoms with Gasteiger partial charge in [0.1, 0.15) is 5.00 Å². The number of carbonyl (C=O) groups excluding carboxylic acids is 3. The molecule has 7 nitrogen and oxygen atoms in total. The molecular weight excluding hydrogens is 739 g/mol. The first-order valence-electron chi connectivity index (χ1n) is 23.5. The molecule has 0 saturated carbocycles. The molecule has 8 heteroatoms. The minimum absolute atomic E-state index is 0.0555. The average molecular weight is 822 g/mol. The van der Waals surface area contributed by atoms with Crippen molar-refractivity contribution in [1.82, 2.24) is 9.80 Å². The van der Waals surface area contributed by atoms with Gasteiger partial charge < -0.3 is 19.9 Å². The molecule has 328 valence electrons. The molecule has 2 rings (SSSR count). The van der Waals surface area contributed by atoms with Crippen molar-refractivity contribution in [1.29, 1.82) is 0 Å². The number of carbonyl (C=O) groups is 3. The zero-order chi connectivity index (χ0) is 41.9. The van der Waals surface area contributed by atoms with Crippen LogP contribution in [0.3, 0.4) is 0 Å². The highest BCUT2D eigenvalue weighted by molar-refractivity contribution is 7.17. The second kappa shape index (κ2) is 34.8. The van der Waals surface area contributed by atoms with Gasteiger partial charge in [-0.05, 0) is 116 Å². The van der Waals surface area contributed by atoms with E-state index in [0.717, 1.165) is 87.6 Å². The lowest BCUT2D eigenvalue weighted by atomic mass is 10.0. The molecule has 58 heavy (non-hydrogen) atoms. The number of hydrogen-bond donors (Lipinski definition) is 1. The van der Waals surface area contributed by atoms with Crippen molar-refractivity contribution >= 4 is 34.1 Å². The van der Waals surface area contributed by atoms with Gasteiger partial charge in [0.05, 0.1) is 18.7 Å². The first-order valence-corrected chi connectivity index (χ1v) is 24.3. The summed E-state index contributed by atoms with van der Waals surface area (Å²) in [4.78, 5) is 44.8. The van der Waals surface area contributed by atoms with Crippen molar-refractivity contribution in [3.05, 3.63) is 64.6 Å². The van der Waals surface area contributed by atoms with Crippen LogP contribution >= 0.6 is 11.3 Å². The number of ether oxygens (including phenoxy) is 1. The molecule has 0 bridgehead atoms. The van der Waals surface area contributed by atoms with Gasteiger partial charge in [0.15, 0.2) is 0 Å². The summed E-state index contributed by atoms with van der Waals surface area (Å²) in [6, 6.07) is 0. The van der Waals surface area contributed by atoms with Gasteiger partial charge in [-0.2, -0.15) is 0 Å². The average Bonchev–Trinajstić information content (AvgIpc) is 3.57. The largest absolute Gasteiger partial charge is 0.462 e. The lowest BCUT2D eigenvalue weighted by molar-refractivity contribution is -0.132. The van der Waals surface area contributed by atoms with Crippen LogP contribution in [0.5, 0.6) is 0 Å². The third kappa shape index (κ3) is 24.8. The normalized spacial score (nSPS) is 13.2. The van der Waals surface area contributed by atoms with E-state index in [1.165, 1.54) is 94.8 Å². The topological polar surface area (TPSA) is 79.0 Å². The Hall–Kier alpha value is -2.97. The number of anilines is 1. The van der Waals surface area contributed by atoms with Gasteiger partial charge in [0.25, 0.3) is 0 Å². The molecule has 0 atom stereocenters. The predicted octanol–water partition coefficient (Wildman–Crippen LogP) is 13.7. The number of nitrogens with zero attached hydrogens (tertiary/aromatic N) is 2. The third-order valence-electron chi connectivity index (χ3n) is 10.8. The number of fused-ring (bicyclic) bond motifs is 1. The van der Waals surface area contributed by atoms with Crippen LogP contribution in [0.1, 0.15) is 202 Å². The van der Waals surface area contributed by atoms with Gasteiger partial charge >= 0.3 is 5.97 Å². The summed E-state index contributed by atoms with van der Waals surface area (Å²) in [6.07, 6.45) is 47.2. The monoisotopic (exact) mass is 822 g/mol. The highest BCUT2D eigenvalue weighted by Gasteiger charge is 2.31. The number of esters is 1. The lowest BCUT2D eigenvalue weighted by Gasteiger charge is -2.27. The number of hydrogen-bond acceptors (Lipinski definition) is 6. The van der Waals surface area contributed by atoms with Crippen LogP contribution in [0, 0.1) is 0 Å². The molecule has 0 unspecified atom stereocenters. The standard InChI is InChI=1S/C50H83N3O4S/c1-5-7-9-11-13-15-17-19-21-23-25-27-29-31-33-35-42-57-50(56)48-44-39-41-53(47(55)38-36-40-52(3)4)43-45(44)58-49(48)51-46(54)37-34-32-30-28-26-24-22-20-18-16-14-12-10-8-6-2/h13-16,19-22H,5-12,17-18,23-43H2,1-4H3,(H,51,54)/b15-13-,16-14-,21-19-,22-20-. The molecule has 0 spiro atoms. The first-order chi connectivity index (χ1) is 28.4. The lowest BCUT2D eigenvalue weighted by Crippen LogP contribution is -2.36. The van der Waals surface area contributed by atoms with Gasteiger partial charge in [-0.25, -0.2) is 4.79 Å². The summed E-state index contributed by atoms with van der Waals surface area (Å²) in [7, 11) is 4.04. The fourth-order valence-corrected chi connectivity index (χ4v) is 8.51. The predicted molar refractivity (Wildman–Crippen MR) is 249 cm³/mol. The van der Waals surface area contributed by atoms with Gasteiger partial charge in [-0.15, -0.1) is 11.3 Å². The van der Waals surface area contributed by atoms with Crippen LogP contribution in [-0.4, -0.2) is 61.4 Å². The quantitative estimate of drug-likeness (QED) is 0.0419. The Labute approximate surface area is 359 Å². The van der Waals surface area contributed by atoms with Crippen LogP contribution in [0.25, 0.3) is 0 Å². The molecule has 1 aromatic heterocycles. The summed E-state index contributed by atoms with van der Waals surface area (Å²) in [5.41, 5.74) is 1.45. The van der Waals surface area contributed by atoms with Crippen molar-refractivity contribution in [2.45, 2.75) is 194 Å². The van der Waals surface area contributed by atoms with Crippen molar-refractivity contribution < 1.29 is 19.1 Å². The van der Waals surface area contributed by atoms with Crippen molar-refractivity contribution in [2.24, 2.45) is 0 Å². The molecule has 1 aliphatic rings. The molecule has 0 saturated heterocycles. The number of nitrogens with one attached hydrogen (secondary N) is 1. The number of unbranched alkanes of at least 4 members (excludes halogenated alkanes) is 17. The summed E-state index contributed by atoms with van der Waals surface area (Å²) < 4.78 is 5.84. The maximum atomic E-state index is 13.6. The maximum Gasteiger partial charge on any atom is 0.341 e. The van der Waals surface area contributed by atoms with E-state index < -0.39 is 0 Å². The highest BCUT2D eigenvalue weighted by Crippen LogP contribution is 2.38. The van der Waals surface area contributed by atoms with E-state index in [2.05, 4.69) is 72.7 Å². The van der Waals surface area contributed by atoms with E-state index in [4.69, 9.17) is 4.74 Å². The molecule has 0 fully saturated rings. The van der Waals surface area contributed by atoms with Crippen molar-refractivity contribution in [3.8, 4) is 0 Å². The molecule has 1 aliphatic heterocycles. The van der Waals surface area contributed by atoms with Crippen LogP contribution < -0.4 is 5.32 Å². The minimum atomic E-state index is -0.349. The molecule has 2 amide bonds. The van der Waals surface area contributed by atoms with Crippen LogP contribution in [0.2, 0.25) is 0 Å². The maximum absolute atomic E-state index is 13.6. The zero-order valence-corrected chi connectivity index (χ0v) is 38.3. The number of thiophene rings is 1. The first kappa shape index (κ1) is 51.2. The van der Waals surface area contributed by atoms with E-state index in [-0.39, 0.29) is 17.8 Å². The van der Waals surface area contributed by atoms with Gasteiger partial charge in [-0.3, -0.25) is 9.59 Å². The van der Waals surface area contributed by atoms with Crippen molar-refractivity contribution in [3.63, 3.8) is 0 Å². The number of allylic oxidation sites excluding steroid dienone is 8. The fraction of sp³-hybridized carbons (Fsp3) is 0.700. The molecule has 1 aromatic rings. The molecule has 0 aromatic carbocycles. The van der Waals surface area contributed by atoms with E-state index in [1.807, 2.05) is 19.0 Å². The molecule has 0 aliphatic carbocycles. The molecule has 0 radical (unpaired) electrons. The fourth-order valence-electron chi connectivity index (χ4n) is 7.24. The summed E-state index contributed by atoms with van der Waals surface area (Å²) in [5.74, 6) is -0.257. The van der Waals surface area contributed by atoms with Crippen LogP contribution in [0.15, 0.2) is 48.6 Å². The molecular formula is C50H83N3O4S. The van der Waals surface area contributed by atoms with Gasteiger partial charge in [-0.1, -0.05) is 133 Å². The Kier molecular flexibility index (Phi) is 30.7. The Morgan fingerprint density at radius 2 is 1.17 bits per heavy atom. The van der Waals surface area contributed by atoms with E-state index in [0.29, 0.717) is 49.5 Å². The molecule has 1 N–H and O–H groups in total. The Morgan fingerprint density at radius 1 is 0.655 bits per heavy atom. The van der Waals surface area contributed by atoms with E-state index in [1.54, 1.807) is 0 Å². The second-order valence-corrected chi connectivity index (χ2v) is 17.5. The number of rotatable bonds is 35. The Bertz CT molecular complexity index is 1360. The zero-order valence-electron chi connectivity index (χ0n) is 37.5. The Morgan fingerprint density at radius 3 is 1.72 bits per heavy atom. The van der Waals surface area contributed by atoms with Crippen molar-refractivity contribution in [2.75, 3.05) is 39.1 Å². The third-order valence-corrected chi connectivity index (χ3v) is 11.9. The van der Waals surface area contributed by atoms with Gasteiger partial charge in [0, 0.05) is 24.3 Å². The highest BCUT2D eigenvalue weighted by atomic mass is 32.1. The smallest absolute Gasteiger partial charge is 0.341 e. The minimum Gasteiger partial charge on any atom is -0.462 e. The van der Waals surface area contributed by atoms with Crippen LogP contribution in [-0.2, 0) is 27.3 Å². The van der Waals surface area contributed by atoms with Gasteiger partial charge in [0.2, 0.25) is 11.8 Å². The Balaban J connectivity index is 1.77. The van der Waals surface area contributed by atoms with E-state index in [9.17, 15) is 14.4 Å². The SMILES string of the molecule is CCCCC/C=C\C/C=C\CCCCCCCCOC(=O)c1c(NC(=O)CCCCCCC/C=C\C/C=C\CCCCC)sc2c1CCN(C(=O)CCCN(C)C)C2. The molecule has 2 heterocycles. The summed E-state index contributed by atoms with van der Waals surface area (Å²) in [6.45, 7) is 6.80. The number of amides is 2. The second-order valence-electron chi connectivity index (χ2n) is 16.4. The summed E-state index contributed by atoms with van der Waals surface area (Å²) >= 11 is 1.44. The summed E-state index contributed by atoms with van der Waals surface area (Å²) in [5, 5.41) is 3.68.